The first-order valence-electron chi connectivity index (χ1n) is 21.5. The highest BCUT2D eigenvalue weighted by Gasteiger charge is 2.26. The number of fused-ring (bicyclic) bond motifs is 10. The van der Waals surface area contributed by atoms with Crippen LogP contribution in [0, 0.1) is 5.92 Å². The van der Waals surface area contributed by atoms with E-state index < -0.39 is 5.91 Å². The van der Waals surface area contributed by atoms with Crippen molar-refractivity contribution >= 4 is 98.3 Å². The van der Waals surface area contributed by atoms with Gasteiger partial charge in [0.15, 0.2) is 11.3 Å². The summed E-state index contributed by atoms with van der Waals surface area (Å²) in [5.74, 6) is 1.66. The average Bonchev–Trinajstić information content (AvgIpc) is 3.96. The maximum atomic E-state index is 13.6. The normalized spacial score (nSPS) is 15.7. The summed E-state index contributed by atoms with van der Waals surface area (Å²) in [5, 5.41) is 15.5. The van der Waals surface area contributed by atoms with Crippen LogP contribution in [0.3, 0.4) is 0 Å². The van der Waals surface area contributed by atoms with Gasteiger partial charge in [-0.1, -0.05) is 37.1 Å². The Bertz CT molecular complexity index is 3160. The van der Waals surface area contributed by atoms with Gasteiger partial charge in [-0.2, -0.15) is 0 Å². The van der Waals surface area contributed by atoms with E-state index in [1.165, 1.54) is 35.5 Å². The number of nitrogens with zero attached hydrogens (tertiary/aromatic N) is 6. The molecule has 8 heterocycles. The highest BCUT2D eigenvalue weighted by Crippen LogP contribution is 2.34. The smallest absolute Gasteiger partial charge is 0.258 e. The molecule has 3 aliphatic rings. The van der Waals surface area contributed by atoms with Gasteiger partial charge in [0, 0.05) is 39.3 Å². The van der Waals surface area contributed by atoms with Gasteiger partial charge in [0.1, 0.15) is 32.4 Å². The van der Waals surface area contributed by atoms with Crippen LogP contribution in [0.15, 0.2) is 82.4 Å². The van der Waals surface area contributed by atoms with Gasteiger partial charge in [-0.3, -0.25) is 28.0 Å². The summed E-state index contributed by atoms with van der Waals surface area (Å²) in [5.41, 5.74) is 2.68. The minimum Gasteiger partial charge on any atom is -0.395 e. The summed E-state index contributed by atoms with van der Waals surface area (Å²) in [4.78, 5) is 68.2. The molecule has 2 amide bonds. The van der Waals surface area contributed by atoms with Crippen LogP contribution in [-0.4, -0.2) is 108 Å². The predicted octanol–water partition coefficient (Wildman–Crippen LogP) is 5.44. The fraction of sp³-hybridized carbons (Fsp3) is 0.348. The van der Waals surface area contributed by atoms with Gasteiger partial charge < -0.3 is 35.0 Å². The molecule has 2 aliphatic heterocycles. The molecule has 1 saturated carbocycles. The molecule has 2 saturated heterocycles. The number of amides is 2. The quantitative estimate of drug-likeness (QED) is 0.150. The number of nitrogens with one attached hydrogen (secondary N) is 2. The average molecular weight is 887 g/mol. The van der Waals surface area contributed by atoms with Crippen molar-refractivity contribution in [2.75, 3.05) is 82.1 Å². The number of aromatic nitrogens is 4. The Balaban J connectivity index is 0.000000150. The molecule has 63 heavy (non-hydrogen) atoms. The van der Waals surface area contributed by atoms with E-state index in [1.54, 1.807) is 6.07 Å². The van der Waals surface area contributed by atoms with Crippen LogP contribution >= 0.6 is 22.7 Å². The second kappa shape index (κ2) is 17.7. The molecule has 2 aromatic carbocycles. The first-order chi connectivity index (χ1) is 30.9. The molecule has 3 fully saturated rings. The van der Waals surface area contributed by atoms with Crippen molar-refractivity contribution in [2.24, 2.45) is 5.92 Å². The molecule has 3 N–H and O–H groups in total. The third-order valence-electron chi connectivity index (χ3n) is 11.8. The number of morpholine rings is 2. The molecule has 0 atom stereocenters. The first kappa shape index (κ1) is 41.1. The number of para-hydroxylation sites is 2. The Morgan fingerprint density at radius 2 is 1.11 bits per heavy atom. The molecule has 6 aromatic heterocycles. The predicted molar refractivity (Wildman–Crippen MR) is 248 cm³/mol. The highest BCUT2D eigenvalue weighted by molar-refractivity contribution is 7.24. The number of carbonyl (C=O) groups excluding carboxylic acids is 2. The topological polar surface area (TPSA) is 172 Å². The lowest BCUT2D eigenvalue weighted by Crippen LogP contribution is -2.37. The zero-order chi connectivity index (χ0) is 43.0. The Hall–Kier alpha value is -5.98. The number of benzene rings is 2. The van der Waals surface area contributed by atoms with Crippen molar-refractivity contribution in [3.05, 3.63) is 104 Å². The third-order valence-corrected chi connectivity index (χ3v) is 14.1. The standard InChI is InChI=1S/C25H26N4O3S.C21H20N4O4S/c30-22-17-9-10-20(28-12-14-32-15-13-28)27-23(17)29-18-5-1-2-6-19(18)33-25(29)21(22)24(31)26-11-3-4-16-7-8-16;26-10-7-22-20(28)17-18(27)13-5-6-16(24-8-11-29-12-9-24)23-19(13)25-14-3-1-2-4-15(14)30-21(17)25/h1-2,5-6,9-10,16H,3-4,7-8,11-15H2,(H,26,31);1-6,26H,7-12H2,(H,22,28). The SMILES string of the molecule is O=C(NCCCC1CC1)c1c(=O)c2ccc(N3CCOCC3)nc2n2c1sc1ccccc12.O=C(NCCO)c1c(=O)c2ccc(N3CCOCC3)nc2n2c1sc1ccccc12. The fourth-order valence-electron chi connectivity index (χ4n) is 8.44. The van der Waals surface area contributed by atoms with Gasteiger partial charge in [-0.05, 0) is 67.3 Å². The Morgan fingerprint density at radius 3 is 1.57 bits per heavy atom. The monoisotopic (exact) mass is 886 g/mol. The van der Waals surface area contributed by atoms with E-state index in [4.69, 9.17) is 24.5 Å². The maximum absolute atomic E-state index is 13.6. The number of thiazole rings is 2. The van der Waals surface area contributed by atoms with Gasteiger partial charge in [0.25, 0.3) is 11.8 Å². The Labute approximate surface area is 368 Å². The number of hydrogen-bond donors (Lipinski definition) is 3. The van der Waals surface area contributed by atoms with Crippen molar-refractivity contribution in [3.8, 4) is 0 Å². The van der Waals surface area contributed by atoms with Gasteiger partial charge >= 0.3 is 0 Å². The summed E-state index contributed by atoms with van der Waals surface area (Å²) in [6.45, 7) is 6.10. The number of ether oxygens (including phenoxy) is 2. The summed E-state index contributed by atoms with van der Waals surface area (Å²) in [6, 6.07) is 23.0. The summed E-state index contributed by atoms with van der Waals surface area (Å²) < 4.78 is 16.8. The first-order valence-corrected chi connectivity index (χ1v) is 23.1. The largest absolute Gasteiger partial charge is 0.395 e. The summed E-state index contributed by atoms with van der Waals surface area (Å²) in [6.07, 6.45) is 4.71. The van der Waals surface area contributed by atoms with Gasteiger partial charge in [0.2, 0.25) is 10.9 Å². The number of hydrogen-bond acceptors (Lipinski definition) is 13. The molecule has 0 bridgehead atoms. The van der Waals surface area contributed by atoms with Gasteiger partial charge in [-0.15, -0.1) is 22.7 Å². The molecule has 8 aromatic rings. The van der Waals surface area contributed by atoms with E-state index in [1.807, 2.05) is 75.5 Å². The Kier molecular flexibility index (Phi) is 11.5. The van der Waals surface area contributed by atoms with Crippen LogP contribution in [-0.2, 0) is 9.47 Å². The zero-order valence-electron chi connectivity index (χ0n) is 34.5. The molecule has 0 unspecified atom stereocenters. The zero-order valence-corrected chi connectivity index (χ0v) is 36.1. The van der Waals surface area contributed by atoms with E-state index >= 15 is 0 Å². The van der Waals surface area contributed by atoms with E-state index in [9.17, 15) is 19.2 Å². The molecule has 1 aliphatic carbocycles. The molecule has 0 radical (unpaired) electrons. The van der Waals surface area contributed by atoms with E-state index in [0.717, 1.165) is 77.0 Å². The molecule has 17 heteroatoms. The van der Waals surface area contributed by atoms with Crippen LogP contribution in [0.2, 0.25) is 0 Å². The molecular weight excluding hydrogens is 841 g/mol. The number of anilines is 2. The van der Waals surface area contributed by atoms with Crippen LogP contribution < -0.4 is 31.3 Å². The number of rotatable bonds is 10. The minimum absolute atomic E-state index is 0.0815. The lowest BCUT2D eigenvalue weighted by atomic mass is 10.1. The maximum Gasteiger partial charge on any atom is 0.258 e. The van der Waals surface area contributed by atoms with Crippen LogP contribution in [0.5, 0.6) is 0 Å². The second-order valence-corrected chi connectivity index (χ2v) is 18.0. The number of carbonyl (C=O) groups is 2. The van der Waals surface area contributed by atoms with Gasteiger partial charge in [-0.25, -0.2) is 9.97 Å². The van der Waals surface area contributed by atoms with Crippen LogP contribution in [0.4, 0.5) is 11.6 Å². The molecule has 0 spiro atoms. The van der Waals surface area contributed by atoms with E-state index in [-0.39, 0.29) is 41.0 Å². The van der Waals surface area contributed by atoms with E-state index in [0.29, 0.717) is 64.7 Å². The minimum atomic E-state index is -0.489. The van der Waals surface area contributed by atoms with Crippen molar-refractivity contribution in [1.29, 1.82) is 0 Å². The van der Waals surface area contributed by atoms with Crippen molar-refractivity contribution in [3.63, 3.8) is 0 Å². The van der Waals surface area contributed by atoms with Crippen LogP contribution in [0.25, 0.3) is 52.2 Å². The highest BCUT2D eigenvalue weighted by atomic mass is 32.1. The lowest BCUT2D eigenvalue weighted by Gasteiger charge is -2.27. The molecule has 15 nitrogen and oxygen atoms in total. The summed E-state index contributed by atoms with van der Waals surface area (Å²) >= 11 is 2.86. The Morgan fingerprint density at radius 1 is 0.651 bits per heavy atom. The van der Waals surface area contributed by atoms with E-state index in [2.05, 4.69) is 20.4 Å². The van der Waals surface area contributed by atoms with Crippen LogP contribution in [0.1, 0.15) is 46.4 Å². The van der Waals surface area contributed by atoms with Crippen molar-refractivity contribution < 1.29 is 24.2 Å². The van der Waals surface area contributed by atoms with Gasteiger partial charge in [0.05, 0.1) is 64.2 Å². The van der Waals surface area contributed by atoms with Crippen molar-refractivity contribution in [2.45, 2.75) is 25.7 Å². The number of aliphatic hydroxyl groups excluding tert-OH is 1. The summed E-state index contributed by atoms with van der Waals surface area (Å²) in [7, 11) is 0. The number of pyridine rings is 4. The lowest BCUT2D eigenvalue weighted by molar-refractivity contribution is 0.0940. The molecule has 324 valence electrons. The molecular formula is C46H46N8O7S2. The second-order valence-electron chi connectivity index (χ2n) is 15.9. The fourth-order valence-corrected chi connectivity index (χ4v) is 10.8. The molecule has 11 rings (SSSR count). The van der Waals surface area contributed by atoms with Crippen molar-refractivity contribution in [1.82, 2.24) is 29.4 Å². The third kappa shape index (κ3) is 7.88. The number of aliphatic hydroxyl groups is 1.